The highest BCUT2D eigenvalue weighted by molar-refractivity contribution is 7.13. The number of nitrogens with zero attached hydrogens (tertiary/aromatic N) is 4. The first-order valence-electron chi connectivity index (χ1n) is 7.92. The van der Waals surface area contributed by atoms with E-state index in [1.807, 2.05) is 53.9 Å². The molecule has 0 saturated heterocycles. The Bertz CT molecular complexity index is 1090. The average Bonchev–Trinajstić information content (AvgIpc) is 3.41. The smallest absolute Gasteiger partial charge is 0.231 e. The van der Waals surface area contributed by atoms with Gasteiger partial charge in [0, 0.05) is 10.9 Å². The molecule has 5 rings (SSSR count). The fraction of sp³-hybridized carbons (Fsp3) is 0.0556. The maximum absolute atomic E-state index is 6.26. The molecule has 0 aliphatic carbocycles. The second kappa shape index (κ2) is 5.85. The Morgan fingerprint density at radius 3 is 2.77 bits per heavy atom. The number of ether oxygens (including phenoxy) is 2. The van der Waals surface area contributed by atoms with E-state index >= 15 is 0 Å². The highest BCUT2D eigenvalue weighted by Crippen LogP contribution is 2.37. The molecule has 7 nitrogen and oxygen atoms in total. The van der Waals surface area contributed by atoms with Gasteiger partial charge in [0.25, 0.3) is 0 Å². The summed E-state index contributed by atoms with van der Waals surface area (Å²) in [4.78, 5) is 4.67. The number of para-hydroxylation sites is 1. The molecule has 3 heterocycles. The van der Waals surface area contributed by atoms with Crippen LogP contribution < -0.4 is 15.2 Å². The minimum atomic E-state index is 0.250. The third-order valence-corrected chi connectivity index (χ3v) is 4.93. The Balaban J connectivity index is 1.50. The zero-order chi connectivity index (χ0) is 17.5. The van der Waals surface area contributed by atoms with Gasteiger partial charge in [-0.3, -0.25) is 0 Å². The first kappa shape index (κ1) is 14.9. The Morgan fingerprint density at radius 2 is 1.88 bits per heavy atom. The minimum Gasteiger partial charge on any atom is -0.454 e. The highest BCUT2D eigenvalue weighted by atomic mass is 32.1. The Kier molecular flexibility index (Phi) is 3.36. The molecule has 2 aromatic heterocycles. The zero-order valence-electron chi connectivity index (χ0n) is 13.5. The fourth-order valence-electron chi connectivity index (χ4n) is 2.77. The van der Waals surface area contributed by atoms with Crippen LogP contribution in [0.2, 0.25) is 0 Å². The molecule has 4 aromatic rings. The van der Waals surface area contributed by atoms with Crippen molar-refractivity contribution in [1.82, 2.24) is 20.0 Å². The molecule has 0 atom stereocenters. The largest absolute Gasteiger partial charge is 0.454 e. The van der Waals surface area contributed by atoms with Crippen LogP contribution in [0.3, 0.4) is 0 Å². The van der Waals surface area contributed by atoms with Crippen molar-refractivity contribution >= 4 is 17.2 Å². The van der Waals surface area contributed by atoms with Crippen LogP contribution >= 0.6 is 11.3 Å². The molecule has 0 bridgehead atoms. The third kappa shape index (κ3) is 2.39. The van der Waals surface area contributed by atoms with E-state index in [1.165, 1.54) is 11.3 Å². The number of thiazole rings is 1. The van der Waals surface area contributed by atoms with Crippen LogP contribution in [-0.4, -0.2) is 26.8 Å². The van der Waals surface area contributed by atoms with Gasteiger partial charge in [0.05, 0.1) is 11.4 Å². The summed E-state index contributed by atoms with van der Waals surface area (Å²) in [5.74, 6) is 1.94. The second-order valence-corrected chi connectivity index (χ2v) is 6.53. The molecule has 0 fully saturated rings. The van der Waals surface area contributed by atoms with Crippen molar-refractivity contribution in [3.8, 4) is 39.1 Å². The Morgan fingerprint density at radius 1 is 1.04 bits per heavy atom. The van der Waals surface area contributed by atoms with Gasteiger partial charge >= 0.3 is 0 Å². The van der Waals surface area contributed by atoms with Crippen LogP contribution in [0.5, 0.6) is 11.5 Å². The lowest BCUT2D eigenvalue weighted by atomic mass is 10.1. The summed E-state index contributed by atoms with van der Waals surface area (Å²) in [6, 6.07) is 15.4. The molecular weight excluding hydrogens is 350 g/mol. The molecular formula is C18H13N5O2S. The van der Waals surface area contributed by atoms with Crippen molar-refractivity contribution in [3.05, 3.63) is 53.9 Å². The lowest BCUT2D eigenvalue weighted by Gasteiger charge is -2.02. The van der Waals surface area contributed by atoms with Crippen LogP contribution in [0.4, 0.5) is 5.82 Å². The molecule has 0 radical (unpaired) electrons. The van der Waals surface area contributed by atoms with Gasteiger partial charge in [-0.05, 0) is 30.3 Å². The first-order chi connectivity index (χ1) is 12.8. The lowest BCUT2D eigenvalue weighted by Crippen LogP contribution is -2.01. The van der Waals surface area contributed by atoms with Crippen molar-refractivity contribution in [3.63, 3.8) is 0 Å². The molecule has 26 heavy (non-hydrogen) atoms. The van der Waals surface area contributed by atoms with Gasteiger partial charge < -0.3 is 15.2 Å². The van der Waals surface area contributed by atoms with Gasteiger partial charge in [0.15, 0.2) is 23.0 Å². The van der Waals surface area contributed by atoms with E-state index in [9.17, 15) is 0 Å². The monoisotopic (exact) mass is 363 g/mol. The Hall–Kier alpha value is -3.39. The third-order valence-electron chi connectivity index (χ3n) is 4.08. The molecule has 128 valence electrons. The SMILES string of the molecule is Nc1c(-c2nc(-c3ccc4c(c3)OCO4)cs2)nnn1-c1ccccc1. The molecule has 2 aromatic carbocycles. The Labute approximate surface area is 152 Å². The van der Waals surface area contributed by atoms with E-state index in [1.54, 1.807) is 4.68 Å². The summed E-state index contributed by atoms with van der Waals surface area (Å²) in [5, 5.41) is 11.1. The van der Waals surface area contributed by atoms with Gasteiger partial charge in [-0.1, -0.05) is 23.4 Å². The van der Waals surface area contributed by atoms with Gasteiger partial charge in [-0.15, -0.1) is 16.4 Å². The van der Waals surface area contributed by atoms with Crippen LogP contribution in [0, 0.1) is 0 Å². The van der Waals surface area contributed by atoms with Crippen molar-refractivity contribution in [2.24, 2.45) is 0 Å². The molecule has 1 aliphatic rings. The summed E-state index contributed by atoms with van der Waals surface area (Å²) in [6.45, 7) is 0.250. The van der Waals surface area contributed by atoms with Gasteiger partial charge in [0.1, 0.15) is 5.01 Å². The van der Waals surface area contributed by atoms with Crippen molar-refractivity contribution in [1.29, 1.82) is 0 Å². The van der Waals surface area contributed by atoms with Crippen LogP contribution in [0.25, 0.3) is 27.6 Å². The topological polar surface area (TPSA) is 88.1 Å². The summed E-state index contributed by atoms with van der Waals surface area (Å²) in [5.41, 5.74) is 9.47. The van der Waals surface area contributed by atoms with Gasteiger partial charge in [-0.25, -0.2) is 4.98 Å². The van der Waals surface area contributed by atoms with E-state index in [4.69, 9.17) is 15.2 Å². The number of fused-ring (bicyclic) bond motifs is 1. The van der Waals surface area contributed by atoms with Crippen LogP contribution in [0.1, 0.15) is 0 Å². The summed E-state index contributed by atoms with van der Waals surface area (Å²) < 4.78 is 12.4. The lowest BCUT2D eigenvalue weighted by molar-refractivity contribution is 0.174. The van der Waals surface area contributed by atoms with Crippen LogP contribution in [0.15, 0.2) is 53.9 Å². The number of hydrogen-bond acceptors (Lipinski definition) is 7. The highest BCUT2D eigenvalue weighted by Gasteiger charge is 2.18. The van der Waals surface area contributed by atoms with E-state index < -0.39 is 0 Å². The molecule has 8 heteroatoms. The van der Waals surface area contributed by atoms with Gasteiger partial charge in [0.2, 0.25) is 6.79 Å². The van der Waals surface area contributed by atoms with Crippen molar-refractivity contribution in [2.75, 3.05) is 12.5 Å². The standard InChI is InChI=1S/C18H13N5O2S/c19-17-16(21-22-23(17)12-4-2-1-3-5-12)18-20-13(9-26-18)11-6-7-14-15(8-11)25-10-24-14/h1-9H,10,19H2. The summed E-state index contributed by atoms with van der Waals surface area (Å²) in [6.07, 6.45) is 0. The summed E-state index contributed by atoms with van der Waals surface area (Å²) in [7, 11) is 0. The van der Waals surface area contributed by atoms with E-state index in [2.05, 4.69) is 15.3 Å². The van der Waals surface area contributed by atoms with E-state index in [0.29, 0.717) is 11.5 Å². The number of benzene rings is 2. The maximum atomic E-state index is 6.26. The number of nitrogens with two attached hydrogens (primary N) is 1. The van der Waals surface area contributed by atoms with Gasteiger partial charge in [-0.2, -0.15) is 4.68 Å². The molecule has 0 unspecified atom stereocenters. The van der Waals surface area contributed by atoms with E-state index in [-0.39, 0.29) is 6.79 Å². The molecule has 0 amide bonds. The zero-order valence-corrected chi connectivity index (χ0v) is 14.3. The van der Waals surface area contributed by atoms with Crippen LogP contribution in [-0.2, 0) is 0 Å². The number of rotatable bonds is 3. The van der Waals surface area contributed by atoms with E-state index in [0.717, 1.165) is 33.5 Å². The molecule has 0 saturated carbocycles. The molecule has 1 aliphatic heterocycles. The predicted molar refractivity (Wildman–Crippen MR) is 98.4 cm³/mol. The second-order valence-electron chi connectivity index (χ2n) is 5.68. The molecule has 2 N–H and O–H groups in total. The minimum absolute atomic E-state index is 0.250. The molecule has 0 spiro atoms. The average molecular weight is 363 g/mol. The summed E-state index contributed by atoms with van der Waals surface area (Å²) >= 11 is 1.47. The predicted octanol–water partition coefficient (Wildman–Crippen LogP) is 3.37. The maximum Gasteiger partial charge on any atom is 0.231 e. The number of anilines is 1. The van der Waals surface area contributed by atoms with Crippen molar-refractivity contribution in [2.45, 2.75) is 0 Å². The quantitative estimate of drug-likeness (QED) is 0.600. The fourth-order valence-corrected chi connectivity index (χ4v) is 3.59. The van der Waals surface area contributed by atoms with Crippen molar-refractivity contribution < 1.29 is 9.47 Å². The number of nitrogen functional groups attached to an aromatic ring is 1. The number of hydrogen-bond donors (Lipinski definition) is 1. The first-order valence-corrected chi connectivity index (χ1v) is 8.80. The normalized spacial score (nSPS) is 12.5. The number of aromatic nitrogens is 4.